The van der Waals surface area contributed by atoms with Crippen molar-refractivity contribution in [1.82, 2.24) is 24.5 Å². The molecule has 1 aromatic carbocycles. The molecule has 5 rings (SSSR count). The van der Waals surface area contributed by atoms with Crippen molar-refractivity contribution < 1.29 is 9.63 Å². The lowest BCUT2D eigenvalue weighted by atomic mass is 9.93. The number of nitrogens with two attached hydrogens (primary N) is 1. The zero-order chi connectivity index (χ0) is 24.2. The van der Waals surface area contributed by atoms with Crippen molar-refractivity contribution >= 4 is 36.5 Å². The van der Waals surface area contributed by atoms with Crippen LogP contribution in [0.2, 0.25) is 0 Å². The molecule has 0 bridgehead atoms. The number of urea groups is 1. The number of amides is 2. The first kappa shape index (κ1) is 22.7. The molecule has 4 aromatic rings. The van der Waals surface area contributed by atoms with Gasteiger partial charge in [0, 0.05) is 67.7 Å². The van der Waals surface area contributed by atoms with E-state index in [1.807, 2.05) is 24.4 Å². The summed E-state index contributed by atoms with van der Waals surface area (Å²) >= 11 is 0. The van der Waals surface area contributed by atoms with Crippen LogP contribution in [0.1, 0.15) is 30.0 Å². The van der Waals surface area contributed by atoms with Crippen LogP contribution < -0.4 is 26.8 Å². The molecule has 0 aliphatic carbocycles. The van der Waals surface area contributed by atoms with E-state index >= 15 is 0 Å². The van der Waals surface area contributed by atoms with Crippen molar-refractivity contribution in [3.63, 3.8) is 0 Å². The number of nitrogens with one attached hydrogen (secondary N) is 2. The molecule has 1 saturated heterocycles. The Morgan fingerprint density at radius 3 is 2.80 bits per heavy atom. The third-order valence-corrected chi connectivity index (χ3v) is 6.14. The van der Waals surface area contributed by atoms with Gasteiger partial charge in [-0.2, -0.15) is 15.5 Å². The number of carbonyl (C=O) groups excluding carboxylic acids is 1. The Labute approximate surface area is 203 Å². The summed E-state index contributed by atoms with van der Waals surface area (Å²) in [7, 11) is 6.15. The number of pyridine rings is 1. The third-order valence-electron chi connectivity index (χ3n) is 6.14. The van der Waals surface area contributed by atoms with Crippen molar-refractivity contribution in [2.24, 2.45) is 5.90 Å². The minimum absolute atomic E-state index is 0.153. The fourth-order valence-corrected chi connectivity index (χ4v) is 4.26. The van der Waals surface area contributed by atoms with E-state index in [1.54, 1.807) is 46.1 Å². The summed E-state index contributed by atoms with van der Waals surface area (Å²) in [5.41, 5.74) is 3.77. The van der Waals surface area contributed by atoms with Crippen LogP contribution in [0.5, 0.6) is 5.75 Å². The monoisotopic (exact) mass is 468 g/mol. The second-order valence-corrected chi connectivity index (χ2v) is 8.45. The number of nitrogens with zero attached hydrogens (tertiary/aromatic N) is 5. The van der Waals surface area contributed by atoms with Gasteiger partial charge in [-0.25, -0.2) is 9.78 Å². The smallest absolute Gasteiger partial charge is 0.321 e. The molecular weight excluding hydrogens is 443 g/mol. The van der Waals surface area contributed by atoms with E-state index < -0.39 is 0 Å². The van der Waals surface area contributed by atoms with Crippen molar-refractivity contribution in [2.45, 2.75) is 25.3 Å². The zero-order valence-electron chi connectivity index (χ0n) is 19.1. The lowest BCUT2D eigenvalue weighted by Crippen LogP contribution is -2.40. The number of piperidine rings is 1. The molecule has 3 aromatic heterocycles. The Kier molecular flexibility index (Phi) is 6.49. The van der Waals surface area contributed by atoms with Gasteiger partial charge in [0.15, 0.2) is 0 Å². The summed E-state index contributed by atoms with van der Waals surface area (Å²) in [6.07, 6.45) is 6.76. The highest BCUT2D eigenvalue weighted by Gasteiger charge is 2.26. The summed E-state index contributed by atoms with van der Waals surface area (Å²) in [5.74, 6) is 6.70. The SMILES string of the molecule is [B]c1cnn2c(NCc3cccnc3)cc(C3CCN(C(=O)Nc4cccc(ON)c4)CC3)nc12. The maximum Gasteiger partial charge on any atom is 0.321 e. The van der Waals surface area contributed by atoms with Gasteiger partial charge < -0.3 is 20.4 Å². The van der Waals surface area contributed by atoms with Crippen molar-refractivity contribution in [3.05, 3.63) is 72.3 Å². The molecular formula is C24H25BN8O2. The van der Waals surface area contributed by atoms with Gasteiger partial charge >= 0.3 is 6.03 Å². The van der Waals surface area contributed by atoms with Gasteiger partial charge in [0.05, 0.1) is 0 Å². The molecule has 176 valence electrons. The molecule has 4 heterocycles. The third kappa shape index (κ3) is 5.04. The molecule has 1 fully saturated rings. The van der Waals surface area contributed by atoms with Gasteiger partial charge in [0.2, 0.25) is 0 Å². The van der Waals surface area contributed by atoms with Crippen molar-refractivity contribution in [2.75, 3.05) is 23.7 Å². The number of carbonyl (C=O) groups is 1. The molecule has 0 unspecified atom stereocenters. The van der Waals surface area contributed by atoms with Crippen LogP contribution in [0.25, 0.3) is 5.65 Å². The molecule has 1 aliphatic heterocycles. The lowest BCUT2D eigenvalue weighted by Gasteiger charge is -2.32. The molecule has 4 N–H and O–H groups in total. The first-order valence-electron chi connectivity index (χ1n) is 11.4. The highest BCUT2D eigenvalue weighted by molar-refractivity contribution is 6.36. The first-order valence-corrected chi connectivity index (χ1v) is 11.4. The molecule has 35 heavy (non-hydrogen) atoms. The van der Waals surface area contributed by atoms with Gasteiger partial charge in [-0.15, -0.1) is 0 Å². The maximum atomic E-state index is 12.8. The van der Waals surface area contributed by atoms with E-state index in [-0.39, 0.29) is 11.9 Å². The summed E-state index contributed by atoms with van der Waals surface area (Å²) in [6.45, 7) is 1.83. The number of anilines is 2. The van der Waals surface area contributed by atoms with Crippen LogP contribution in [0, 0.1) is 0 Å². The Hall–Kier alpha value is -4.12. The number of hydrogen-bond donors (Lipinski definition) is 3. The standard InChI is InChI=1S/C24H25BN8O2/c25-20-15-29-33-22(28-14-16-3-2-8-27-13-16)12-21(31-23(20)33)17-6-9-32(10-7-17)24(34)30-18-4-1-5-19(11-18)35-26/h1-5,8,11-13,15,17,28H,6-7,9-10,14,26H2,(H,30,34). The average Bonchev–Trinajstić information content (AvgIpc) is 3.28. The van der Waals surface area contributed by atoms with Gasteiger partial charge in [-0.1, -0.05) is 12.1 Å². The van der Waals surface area contributed by atoms with E-state index in [0.717, 1.165) is 29.9 Å². The van der Waals surface area contributed by atoms with E-state index in [1.165, 1.54) is 0 Å². The number of rotatable bonds is 6. The van der Waals surface area contributed by atoms with Crippen LogP contribution in [0.3, 0.4) is 0 Å². The number of likely N-dealkylation sites (tertiary alicyclic amines) is 1. The van der Waals surface area contributed by atoms with Gasteiger partial charge in [0.25, 0.3) is 0 Å². The molecule has 11 heteroatoms. The van der Waals surface area contributed by atoms with Crippen LogP contribution in [-0.2, 0) is 6.54 Å². The Bertz CT molecular complexity index is 1320. The summed E-state index contributed by atoms with van der Waals surface area (Å²) in [5, 5.41) is 10.7. The van der Waals surface area contributed by atoms with E-state index in [9.17, 15) is 4.79 Å². The van der Waals surface area contributed by atoms with Crippen LogP contribution in [-0.4, -0.2) is 51.4 Å². The van der Waals surface area contributed by atoms with E-state index in [2.05, 4.69) is 20.7 Å². The maximum absolute atomic E-state index is 12.8. The molecule has 0 spiro atoms. The van der Waals surface area contributed by atoms with Gasteiger partial charge in [-0.3, -0.25) is 4.98 Å². The zero-order valence-corrected chi connectivity index (χ0v) is 19.1. The number of aromatic nitrogens is 4. The summed E-state index contributed by atoms with van der Waals surface area (Å²) in [4.78, 5) is 28.3. The predicted octanol–water partition coefficient (Wildman–Crippen LogP) is 2.19. The molecule has 10 nitrogen and oxygen atoms in total. The number of benzene rings is 1. The molecule has 0 atom stereocenters. The second kappa shape index (κ2) is 10.0. The van der Waals surface area contributed by atoms with Gasteiger partial charge in [-0.05, 0) is 42.1 Å². The Morgan fingerprint density at radius 2 is 2.03 bits per heavy atom. The molecule has 0 saturated carbocycles. The van der Waals surface area contributed by atoms with Gasteiger partial charge in [0.1, 0.15) is 25.1 Å². The van der Waals surface area contributed by atoms with Crippen LogP contribution >= 0.6 is 0 Å². The van der Waals surface area contributed by atoms with E-state index in [0.29, 0.717) is 42.2 Å². The minimum Gasteiger partial charge on any atom is -0.411 e. The van der Waals surface area contributed by atoms with Crippen LogP contribution in [0.15, 0.2) is 61.1 Å². The fraction of sp³-hybridized carbons (Fsp3) is 0.250. The first-order chi connectivity index (χ1) is 17.1. The number of hydrogen-bond acceptors (Lipinski definition) is 7. The summed E-state index contributed by atoms with van der Waals surface area (Å²) in [6, 6.07) is 12.8. The minimum atomic E-state index is -0.153. The second-order valence-electron chi connectivity index (χ2n) is 8.45. The Morgan fingerprint density at radius 1 is 1.17 bits per heavy atom. The predicted molar refractivity (Wildman–Crippen MR) is 134 cm³/mol. The number of fused-ring (bicyclic) bond motifs is 1. The highest BCUT2D eigenvalue weighted by Crippen LogP contribution is 2.29. The van der Waals surface area contributed by atoms with E-state index in [4.69, 9.17) is 23.6 Å². The average molecular weight is 468 g/mol. The molecule has 2 radical (unpaired) electrons. The largest absolute Gasteiger partial charge is 0.411 e. The van der Waals surface area contributed by atoms with Crippen LogP contribution in [0.4, 0.5) is 16.3 Å². The Balaban J connectivity index is 1.27. The highest BCUT2D eigenvalue weighted by atomic mass is 16.6. The summed E-state index contributed by atoms with van der Waals surface area (Å²) < 4.78 is 1.72. The normalized spacial score (nSPS) is 14.1. The fourth-order valence-electron chi connectivity index (χ4n) is 4.26. The quantitative estimate of drug-likeness (QED) is 0.293. The lowest BCUT2D eigenvalue weighted by molar-refractivity contribution is 0.194. The molecule has 2 amide bonds. The van der Waals surface area contributed by atoms with Crippen molar-refractivity contribution in [1.29, 1.82) is 0 Å². The topological polar surface area (TPSA) is 123 Å². The molecule has 1 aliphatic rings. The van der Waals surface area contributed by atoms with Crippen molar-refractivity contribution in [3.8, 4) is 5.75 Å².